The van der Waals surface area contributed by atoms with E-state index in [1.807, 2.05) is 44.1 Å². The zero-order valence-corrected chi connectivity index (χ0v) is 12.0. The summed E-state index contributed by atoms with van der Waals surface area (Å²) in [6.07, 6.45) is 0.162. The lowest BCUT2D eigenvalue weighted by atomic mass is 9.91. The van der Waals surface area contributed by atoms with E-state index in [9.17, 15) is 4.79 Å². The van der Waals surface area contributed by atoms with Crippen LogP contribution in [-0.2, 0) is 4.79 Å². The van der Waals surface area contributed by atoms with Crippen LogP contribution in [0, 0.1) is 6.92 Å². The van der Waals surface area contributed by atoms with E-state index in [1.165, 1.54) is 0 Å². The Bertz CT molecular complexity index is 404. The smallest absolute Gasteiger partial charge is 0.304 e. The Balaban J connectivity index is 3.02. The van der Waals surface area contributed by atoms with Gasteiger partial charge in [-0.15, -0.1) is 0 Å². The molecule has 0 spiro atoms. The first kappa shape index (κ1) is 14.2. The lowest BCUT2D eigenvalue weighted by Crippen LogP contribution is -2.23. The van der Waals surface area contributed by atoms with Crippen LogP contribution in [0.4, 0.5) is 0 Å². The van der Waals surface area contributed by atoms with Crippen molar-refractivity contribution in [2.75, 3.05) is 20.6 Å². The quantitative estimate of drug-likeness (QED) is 0.909. The molecule has 3 nitrogen and oxygen atoms in total. The lowest BCUT2D eigenvalue weighted by Gasteiger charge is -2.21. The zero-order valence-electron chi connectivity index (χ0n) is 10.4. The van der Waals surface area contributed by atoms with Crippen molar-refractivity contribution in [3.8, 4) is 0 Å². The van der Waals surface area contributed by atoms with Gasteiger partial charge in [0.1, 0.15) is 0 Å². The minimum atomic E-state index is -0.753. The second-order valence-corrected chi connectivity index (χ2v) is 5.47. The van der Waals surface area contributed by atoms with Gasteiger partial charge in [0.2, 0.25) is 0 Å². The molecule has 1 N–H and O–H groups in total. The van der Waals surface area contributed by atoms with Crippen molar-refractivity contribution >= 4 is 21.9 Å². The van der Waals surface area contributed by atoms with E-state index in [1.54, 1.807) is 0 Å². The minimum absolute atomic E-state index is 0.0278. The van der Waals surface area contributed by atoms with E-state index in [4.69, 9.17) is 5.11 Å². The number of hydrogen-bond acceptors (Lipinski definition) is 2. The highest BCUT2D eigenvalue weighted by atomic mass is 79.9. The number of hydrogen-bond donors (Lipinski definition) is 1. The second-order valence-electron chi connectivity index (χ2n) is 4.56. The summed E-state index contributed by atoms with van der Waals surface area (Å²) < 4.78 is 0.993. The number of carboxylic acid groups (broad SMARTS) is 1. The summed E-state index contributed by atoms with van der Waals surface area (Å²) in [6.45, 7) is 2.76. The Hall–Kier alpha value is -0.870. The van der Waals surface area contributed by atoms with Crippen molar-refractivity contribution in [2.45, 2.75) is 19.3 Å². The second kappa shape index (κ2) is 6.17. The number of benzene rings is 1. The van der Waals surface area contributed by atoms with Gasteiger partial charge < -0.3 is 10.0 Å². The Kier molecular flexibility index (Phi) is 5.15. The van der Waals surface area contributed by atoms with Gasteiger partial charge in [0, 0.05) is 16.9 Å². The van der Waals surface area contributed by atoms with Gasteiger partial charge in [0.05, 0.1) is 6.42 Å². The summed E-state index contributed by atoms with van der Waals surface area (Å²) in [5.74, 6) is -0.726. The van der Waals surface area contributed by atoms with Crippen LogP contribution in [-0.4, -0.2) is 36.6 Å². The van der Waals surface area contributed by atoms with E-state index < -0.39 is 5.97 Å². The minimum Gasteiger partial charge on any atom is -0.481 e. The van der Waals surface area contributed by atoms with Crippen LogP contribution < -0.4 is 0 Å². The van der Waals surface area contributed by atoms with Crippen molar-refractivity contribution in [3.05, 3.63) is 33.8 Å². The summed E-state index contributed by atoms with van der Waals surface area (Å²) in [4.78, 5) is 13.0. The molecule has 0 amide bonds. The molecular weight excluding hydrogens is 282 g/mol. The van der Waals surface area contributed by atoms with Crippen LogP contribution >= 0.6 is 15.9 Å². The highest BCUT2D eigenvalue weighted by Gasteiger charge is 2.18. The van der Waals surface area contributed by atoms with Crippen LogP contribution in [0.2, 0.25) is 0 Å². The van der Waals surface area contributed by atoms with Crippen LogP contribution in [0.3, 0.4) is 0 Å². The topological polar surface area (TPSA) is 40.5 Å². The van der Waals surface area contributed by atoms with Gasteiger partial charge in [-0.05, 0) is 44.3 Å². The molecule has 0 saturated carbocycles. The molecule has 0 heterocycles. The summed E-state index contributed by atoms with van der Waals surface area (Å²) in [7, 11) is 3.92. The summed E-state index contributed by atoms with van der Waals surface area (Å²) in [5, 5.41) is 8.99. The first-order valence-electron chi connectivity index (χ1n) is 5.52. The number of carboxylic acids is 1. The molecule has 17 heavy (non-hydrogen) atoms. The molecule has 1 atom stereocenters. The van der Waals surface area contributed by atoms with Gasteiger partial charge in [0.25, 0.3) is 0 Å². The molecule has 1 aromatic rings. The predicted octanol–water partition coefficient (Wildman–Crippen LogP) is 2.88. The molecule has 0 aliphatic carbocycles. The standard InChI is InChI=1S/C13H18BrNO2/c1-9-4-5-11(14)7-12(9)10(6-13(16)17)8-15(2)3/h4-5,7,10H,6,8H2,1-3H3,(H,16,17). The Morgan fingerprint density at radius 3 is 2.65 bits per heavy atom. The third-order valence-corrected chi connectivity index (χ3v) is 3.18. The molecule has 0 saturated heterocycles. The van der Waals surface area contributed by atoms with Crippen LogP contribution in [0.1, 0.15) is 23.5 Å². The first-order valence-corrected chi connectivity index (χ1v) is 6.32. The maximum Gasteiger partial charge on any atom is 0.304 e. The molecule has 4 heteroatoms. The van der Waals surface area contributed by atoms with Gasteiger partial charge in [-0.25, -0.2) is 0 Å². The van der Waals surface area contributed by atoms with Gasteiger partial charge in [-0.2, -0.15) is 0 Å². The average Bonchev–Trinajstić information content (AvgIpc) is 2.19. The monoisotopic (exact) mass is 299 g/mol. The molecule has 1 aromatic carbocycles. The fourth-order valence-electron chi connectivity index (χ4n) is 1.98. The fourth-order valence-corrected chi connectivity index (χ4v) is 2.35. The number of rotatable bonds is 5. The molecule has 0 fully saturated rings. The first-order chi connectivity index (χ1) is 7.90. The average molecular weight is 300 g/mol. The fraction of sp³-hybridized carbons (Fsp3) is 0.462. The number of aliphatic carboxylic acids is 1. The maximum absolute atomic E-state index is 10.9. The zero-order chi connectivity index (χ0) is 13.0. The molecule has 1 rings (SSSR count). The molecule has 0 radical (unpaired) electrons. The van der Waals surface area contributed by atoms with Crippen molar-refractivity contribution < 1.29 is 9.90 Å². The molecule has 94 valence electrons. The lowest BCUT2D eigenvalue weighted by molar-refractivity contribution is -0.137. The molecule has 0 aliphatic rings. The van der Waals surface area contributed by atoms with Crippen LogP contribution in [0.15, 0.2) is 22.7 Å². The third kappa shape index (κ3) is 4.48. The maximum atomic E-state index is 10.9. The predicted molar refractivity (Wildman–Crippen MR) is 72.4 cm³/mol. The number of halogens is 1. The highest BCUT2D eigenvalue weighted by molar-refractivity contribution is 9.10. The van der Waals surface area contributed by atoms with E-state index in [2.05, 4.69) is 15.9 Å². The largest absolute Gasteiger partial charge is 0.481 e. The van der Waals surface area contributed by atoms with Gasteiger partial charge in [0.15, 0.2) is 0 Å². The molecule has 0 bridgehead atoms. The van der Waals surface area contributed by atoms with E-state index in [0.717, 1.165) is 22.1 Å². The number of nitrogens with zero attached hydrogens (tertiary/aromatic N) is 1. The van der Waals surface area contributed by atoms with E-state index in [0.29, 0.717) is 0 Å². The molecule has 1 unspecified atom stereocenters. The summed E-state index contributed by atoms with van der Waals surface area (Å²) in [5.41, 5.74) is 2.25. The SMILES string of the molecule is Cc1ccc(Br)cc1C(CC(=O)O)CN(C)C. The van der Waals surface area contributed by atoms with Gasteiger partial charge >= 0.3 is 5.97 Å². The number of carbonyl (C=O) groups is 1. The van der Waals surface area contributed by atoms with Gasteiger partial charge in [-0.3, -0.25) is 4.79 Å². The van der Waals surface area contributed by atoms with Crippen LogP contribution in [0.25, 0.3) is 0 Å². The van der Waals surface area contributed by atoms with Crippen molar-refractivity contribution in [1.29, 1.82) is 0 Å². The van der Waals surface area contributed by atoms with E-state index in [-0.39, 0.29) is 12.3 Å². The van der Waals surface area contributed by atoms with Gasteiger partial charge in [-0.1, -0.05) is 22.0 Å². The van der Waals surface area contributed by atoms with Crippen molar-refractivity contribution in [1.82, 2.24) is 4.90 Å². The third-order valence-electron chi connectivity index (χ3n) is 2.69. The molecular formula is C13H18BrNO2. The summed E-state index contributed by atoms with van der Waals surface area (Å²) >= 11 is 3.44. The van der Waals surface area contributed by atoms with Crippen LogP contribution in [0.5, 0.6) is 0 Å². The molecule has 0 aliphatic heterocycles. The van der Waals surface area contributed by atoms with Crippen molar-refractivity contribution in [3.63, 3.8) is 0 Å². The molecule has 0 aromatic heterocycles. The highest BCUT2D eigenvalue weighted by Crippen LogP contribution is 2.27. The van der Waals surface area contributed by atoms with E-state index >= 15 is 0 Å². The Morgan fingerprint density at radius 1 is 1.47 bits per heavy atom. The Morgan fingerprint density at radius 2 is 2.12 bits per heavy atom. The van der Waals surface area contributed by atoms with Crippen molar-refractivity contribution in [2.24, 2.45) is 0 Å². The summed E-state index contributed by atoms with van der Waals surface area (Å²) in [6, 6.07) is 6.02. The number of likely N-dealkylation sites (N-methyl/N-ethyl adjacent to an activating group) is 1. The number of aryl methyl sites for hydroxylation is 1. The Labute approximate surface area is 111 Å². The normalized spacial score (nSPS) is 12.8.